The van der Waals surface area contributed by atoms with Crippen molar-refractivity contribution in [2.45, 2.75) is 59.1 Å². The van der Waals surface area contributed by atoms with Crippen molar-refractivity contribution in [2.24, 2.45) is 0 Å². The summed E-state index contributed by atoms with van der Waals surface area (Å²) in [6.45, 7) is 10.2. The van der Waals surface area contributed by atoms with Crippen LogP contribution in [-0.2, 0) is 9.53 Å². The molecule has 0 saturated carbocycles. The number of nitrogens with one attached hydrogen (secondary N) is 2. The number of hydrogen-bond acceptors (Lipinski definition) is 3. The molecule has 1 atom stereocenters. The fourth-order valence-corrected chi connectivity index (χ4v) is 1.39. The van der Waals surface area contributed by atoms with Crippen LogP contribution in [0.4, 0.5) is 0 Å². The summed E-state index contributed by atoms with van der Waals surface area (Å²) in [4.78, 5) is 11.6. The summed E-state index contributed by atoms with van der Waals surface area (Å²) in [7, 11) is 0. The van der Waals surface area contributed by atoms with Gasteiger partial charge in [-0.1, -0.05) is 33.6 Å². The topological polar surface area (TPSA) is 50.4 Å². The summed E-state index contributed by atoms with van der Waals surface area (Å²) in [6, 6.07) is 0.455. The van der Waals surface area contributed by atoms with Gasteiger partial charge in [-0.3, -0.25) is 4.79 Å². The van der Waals surface area contributed by atoms with E-state index in [1.807, 2.05) is 0 Å². The molecule has 1 amide bonds. The predicted octanol–water partition coefficient (Wildman–Crippen LogP) is 1.70. The van der Waals surface area contributed by atoms with Crippen molar-refractivity contribution in [3.05, 3.63) is 0 Å². The van der Waals surface area contributed by atoms with Crippen LogP contribution in [0.25, 0.3) is 0 Å². The molecule has 0 heterocycles. The Morgan fingerprint density at radius 3 is 2.47 bits per heavy atom. The van der Waals surface area contributed by atoms with Gasteiger partial charge in [0.25, 0.3) is 0 Å². The van der Waals surface area contributed by atoms with Crippen LogP contribution in [-0.4, -0.2) is 37.7 Å². The van der Waals surface area contributed by atoms with Crippen LogP contribution in [0.15, 0.2) is 0 Å². The van der Waals surface area contributed by atoms with Crippen molar-refractivity contribution in [1.82, 2.24) is 10.6 Å². The van der Waals surface area contributed by atoms with Crippen LogP contribution in [0.5, 0.6) is 0 Å². The van der Waals surface area contributed by atoms with Crippen LogP contribution in [0.1, 0.15) is 47.0 Å². The Morgan fingerprint density at radius 2 is 1.88 bits per heavy atom. The lowest BCUT2D eigenvalue weighted by molar-refractivity contribution is -0.131. The van der Waals surface area contributed by atoms with Crippen molar-refractivity contribution in [3.8, 4) is 0 Å². The summed E-state index contributed by atoms with van der Waals surface area (Å²) >= 11 is 0. The maximum atomic E-state index is 11.6. The number of carbonyl (C=O) groups is 1. The lowest BCUT2D eigenvalue weighted by atomic mass is 10.2. The van der Waals surface area contributed by atoms with Gasteiger partial charge in [-0.2, -0.15) is 0 Å². The van der Waals surface area contributed by atoms with E-state index < -0.39 is 0 Å². The minimum absolute atomic E-state index is 0.00866. The third-order valence-electron chi connectivity index (χ3n) is 2.47. The average molecular weight is 244 g/mol. The zero-order valence-electron chi connectivity index (χ0n) is 11.7. The van der Waals surface area contributed by atoms with Crippen molar-refractivity contribution >= 4 is 5.91 Å². The Balaban J connectivity index is 3.47. The molecule has 0 saturated heterocycles. The molecule has 0 aromatic rings. The van der Waals surface area contributed by atoms with Crippen molar-refractivity contribution in [3.63, 3.8) is 0 Å². The standard InChI is InChI=1S/C13H28N2O2/c1-5-6-7-8-15-13(16)12(4)17-10-9-14-11(2)3/h11-12,14H,5-10H2,1-4H3,(H,15,16). The van der Waals surface area contributed by atoms with Crippen LogP contribution in [0.2, 0.25) is 0 Å². The van der Waals surface area contributed by atoms with Crippen molar-refractivity contribution in [1.29, 1.82) is 0 Å². The van der Waals surface area contributed by atoms with E-state index in [9.17, 15) is 4.79 Å². The van der Waals surface area contributed by atoms with Crippen LogP contribution < -0.4 is 10.6 Å². The highest BCUT2D eigenvalue weighted by Crippen LogP contribution is 1.94. The summed E-state index contributed by atoms with van der Waals surface area (Å²) in [5, 5.41) is 6.13. The second kappa shape index (κ2) is 10.5. The highest BCUT2D eigenvalue weighted by atomic mass is 16.5. The number of carbonyl (C=O) groups excluding carboxylic acids is 1. The maximum absolute atomic E-state index is 11.6. The van der Waals surface area contributed by atoms with Crippen molar-refractivity contribution < 1.29 is 9.53 Å². The second-order valence-corrected chi connectivity index (χ2v) is 4.62. The van der Waals surface area contributed by atoms with E-state index in [0.717, 1.165) is 25.9 Å². The van der Waals surface area contributed by atoms with Crippen LogP contribution in [0, 0.1) is 0 Å². The Morgan fingerprint density at radius 1 is 1.18 bits per heavy atom. The van der Waals surface area contributed by atoms with E-state index in [4.69, 9.17) is 4.74 Å². The van der Waals surface area contributed by atoms with Gasteiger partial charge in [-0.25, -0.2) is 0 Å². The van der Waals surface area contributed by atoms with Gasteiger partial charge in [-0.05, 0) is 13.3 Å². The van der Waals surface area contributed by atoms with Crippen molar-refractivity contribution in [2.75, 3.05) is 19.7 Å². The van der Waals surface area contributed by atoms with Gasteiger partial charge in [0.15, 0.2) is 0 Å². The molecule has 1 unspecified atom stereocenters. The quantitative estimate of drug-likeness (QED) is 0.575. The zero-order chi connectivity index (χ0) is 13.1. The molecule has 17 heavy (non-hydrogen) atoms. The molecule has 0 aliphatic carbocycles. The lowest BCUT2D eigenvalue weighted by Crippen LogP contribution is -2.37. The van der Waals surface area contributed by atoms with Gasteiger partial charge in [-0.15, -0.1) is 0 Å². The molecule has 2 N–H and O–H groups in total. The molecule has 0 aliphatic rings. The number of unbranched alkanes of at least 4 members (excludes halogenated alkanes) is 2. The van der Waals surface area contributed by atoms with E-state index >= 15 is 0 Å². The fraction of sp³-hybridized carbons (Fsp3) is 0.923. The Bertz CT molecular complexity index is 196. The summed E-state index contributed by atoms with van der Waals surface area (Å²) in [6.07, 6.45) is 3.02. The SMILES string of the molecule is CCCCCNC(=O)C(C)OCCNC(C)C. The van der Waals surface area contributed by atoms with Gasteiger partial charge in [0.1, 0.15) is 6.10 Å². The minimum atomic E-state index is -0.356. The molecule has 0 rings (SSSR count). The van der Waals surface area contributed by atoms with Crippen LogP contribution >= 0.6 is 0 Å². The molecule has 4 nitrogen and oxygen atoms in total. The van der Waals surface area contributed by atoms with E-state index in [-0.39, 0.29) is 12.0 Å². The van der Waals surface area contributed by atoms with Gasteiger partial charge in [0, 0.05) is 19.1 Å². The molecule has 0 fully saturated rings. The smallest absolute Gasteiger partial charge is 0.248 e. The molecule has 102 valence electrons. The molecule has 0 aromatic carbocycles. The predicted molar refractivity (Wildman–Crippen MR) is 71.1 cm³/mol. The normalized spacial score (nSPS) is 12.8. The fourth-order valence-electron chi connectivity index (χ4n) is 1.39. The second-order valence-electron chi connectivity index (χ2n) is 4.62. The lowest BCUT2D eigenvalue weighted by Gasteiger charge is -2.14. The zero-order valence-corrected chi connectivity index (χ0v) is 11.7. The number of rotatable bonds is 10. The largest absolute Gasteiger partial charge is 0.367 e. The van der Waals surface area contributed by atoms with E-state index in [2.05, 4.69) is 31.4 Å². The monoisotopic (exact) mass is 244 g/mol. The number of ether oxygens (including phenoxy) is 1. The Hall–Kier alpha value is -0.610. The first-order valence-corrected chi connectivity index (χ1v) is 6.70. The van der Waals surface area contributed by atoms with Gasteiger partial charge in [0.2, 0.25) is 5.91 Å². The van der Waals surface area contributed by atoms with E-state index in [0.29, 0.717) is 12.6 Å². The number of hydrogen-bond donors (Lipinski definition) is 2. The van der Waals surface area contributed by atoms with Gasteiger partial charge < -0.3 is 15.4 Å². The van der Waals surface area contributed by atoms with E-state index in [1.165, 1.54) is 6.42 Å². The molecular weight excluding hydrogens is 216 g/mol. The first kappa shape index (κ1) is 16.4. The van der Waals surface area contributed by atoms with Gasteiger partial charge >= 0.3 is 0 Å². The Labute approximate surface area is 105 Å². The molecule has 0 aliphatic heterocycles. The molecule has 4 heteroatoms. The first-order valence-electron chi connectivity index (χ1n) is 6.70. The number of amides is 1. The summed E-state index contributed by atoms with van der Waals surface area (Å²) < 4.78 is 5.44. The van der Waals surface area contributed by atoms with Crippen LogP contribution in [0.3, 0.4) is 0 Å². The summed E-state index contributed by atoms with van der Waals surface area (Å²) in [5.41, 5.74) is 0. The molecule has 0 aromatic heterocycles. The minimum Gasteiger partial charge on any atom is -0.367 e. The maximum Gasteiger partial charge on any atom is 0.248 e. The molecule has 0 spiro atoms. The van der Waals surface area contributed by atoms with E-state index in [1.54, 1.807) is 6.92 Å². The first-order chi connectivity index (χ1) is 8.07. The Kier molecular flexibility index (Phi) is 10.2. The highest BCUT2D eigenvalue weighted by molar-refractivity contribution is 5.80. The average Bonchev–Trinajstić information content (AvgIpc) is 2.29. The molecule has 0 radical (unpaired) electrons. The third-order valence-corrected chi connectivity index (χ3v) is 2.47. The molecule has 0 bridgehead atoms. The highest BCUT2D eigenvalue weighted by Gasteiger charge is 2.11. The summed E-state index contributed by atoms with van der Waals surface area (Å²) in [5.74, 6) is -0.00866. The van der Waals surface area contributed by atoms with Gasteiger partial charge in [0.05, 0.1) is 6.61 Å². The third kappa shape index (κ3) is 10.3. The molecular formula is C13H28N2O2.